The predicted molar refractivity (Wildman–Crippen MR) is 72.9 cm³/mol. The van der Waals surface area contributed by atoms with Crippen LogP contribution in [0.3, 0.4) is 0 Å². The average molecular weight is 231 g/mol. The first kappa shape index (κ1) is 13.5. The summed E-state index contributed by atoms with van der Waals surface area (Å²) in [5, 5.41) is 3.39. The van der Waals surface area contributed by atoms with E-state index in [-0.39, 0.29) is 0 Å². The molecule has 1 N–H and O–H groups in total. The Kier molecular flexibility index (Phi) is 5.51. The molecule has 0 aliphatic carbocycles. The van der Waals surface area contributed by atoms with Crippen LogP contribution in [0.1, 0.15) is 26.3 Å². The molecule has 0 bridgehead atoms. The number of pyridine rings is 1. The van der Waals surface area contributed by atoms with Crippen LogP contribution in [0.5, 0.6) is 0 Å². The highest BCUT2D eigenvalue weighted by atomic mass is 15.2. The predicted octanol–water partition coefficient (Wildman–Crippen LogP) is 2.04. The Morgan fingerprint density at radius 1 is 1.53 bits per heavy atom. The van der Waals surface area contributed by atoms with Crippen molar-refractivity contribution in [3.05, 3.63) is 23.9 Å². The second-order valence-electron chi connectivity index (χ2n) is 4.28. The number of hydrogen-bond donors (Lipinski definition) is 1. The maximum Gasteiger partial charge on any atom is 0.129 e. The molecule has 1 aromatic heterocycles. The number of hydrogen-bond acceptors (Lipinski definition) is 3. The van der Waals surface area contributed by atoms with Gasteiger partial charge in [0.1, 0.15) is 5.82 Å². The molecule has 0 aromatic carbocycles. The van der Waals surface area contributed by atoms with Crippen LogP contribution in [0.25, 0.3) is 0 Å². The minimum absolute atomic E-state index is 0.486. The van der Waals surface area contributed by atoms with Crippen LogP contribution in [0.4, 0.5) is 5.82 Å². The summed E-state index contributed by atoms with van der Waals surface area (Å²) < 4.78 is 0. The van der Waals surface area contributed by atoms with Gasteiger partial charge in [-0.25, -0.2) is 4.98 Å². The first-order valence-corrected chi connectivity index (χ1v) is 6.04. The maximum absolute atomic E-state index is 5.35. The Morgan fingerprint density at radius 2 is 2.29 bits per heavy atom. The zero-order chi connectivity index (χ0) is 12.7. The molecule has 1 aromatic rings. The van der Waals surface area contributed by atoms with Crippen LogP contribution in [-0.2, 0) is 6.54 Å². The standard InChI is InChI=1S/C14H21N3/c1-5-9-17(6-2)14-10-13(7-8-15-14)11-16-12(3)4/h1,7-8,10,12,16H,6,9,11H2,2-4H3. The highest BCUT2D eigenvalue weighted by Gasteiger charge is 2.05. The fourth-order valence-electron chi connectivity index (χ4n) is 1.53. The Labute approximate surface area is 104 Å². The summed E-state index contributed by atoms with van der Waals surface area (Å²) in [4.78, 5) is 6.44. The van der Waals surface area contributed by atoms with Gasteiger partial charge in [0.2, 0.25) is 0 Å². The molecule has 0 aliphatic heterocycles. The Morgan fingerprint density at radius 3 is 2.88 bits per heavy atom. The van der Waals surface area contributed by atoms with Crippen molar-refractivity contribution in [1.82, 2.24) is 10.3 Å². The van der Waals surface area contributed by atoms with Gasteiger partial charge in [-0.1, -0.05) is 19.8 Å². The summed E-state index contributed by atoms with van der Waals surface area (Å²) in [5.74, 6) is 3.61. The zero-order valence-corrected chi connectivity index (χ0v) is 10.9. The molecule has 92 valence electrons. The Balaban J connectivity index is 2.74. The minimum atomic E-state index is 0.486. The Bertz CT molecular complexity index is 379. The van der Waals surface area contributed by atoms with E-state index >= 15 is 0 Å². The lowest BCUT2D eigenvalue weighted by Crippen LogP contribution is -2.25. The first-order valence-electron chi connectivity index (χ1n) is 6.04. The summed E-state index contributed by atoms with van der Waals surface area (Å²) in [5.41, 5.74) is 1.24. The van der Waals surface area contributed by atoms with E-state index in [2.05, 4.69) is 48.0 Å². The van der Waals surface area contributed by atoms with Crippen molar-refractivity contribution in [1.29, 1.82) is 0 Å². The fraction of sp³-hybridized carbons (Fsp3) is 0.500. The molecule has 0 saturated carbocycles. The number of rotatable bonds is 6. The second kappa shape index (κ2) is 6.93. The van der Waals surface area contributed by atoms with Crippen LogP contribution in [0.2, 0.25) is 0 Å². The van der Waals surface area contributed by atoms with Crippen LogP contribution >= 0.6 is 0 Å². The normalized spacial score (nSPS) is 10.3. The molecule has 3 heteroatoms. The van der Waals surface area contributed by atoms with Crippen LogP contribution < -0.4 is 10.2 Å². The van der Waals surface area contributed by atoms with Gasteiger partial charge in [-0.3, -0.25) is 0 Å². The van der Waals surface area contributed by atoms with Crippen LogP contribution in [0, 0.1) is 12.3 Å². The van der Waals surface area contributed by atoms with Crippen molar-refractivity contribution >= 4 is 5.82 Å². The van der Waals surface area contributed by atoms with E-state index in [1.807, 2.05) is 12.3 Å². The molecule has 0 radical (unpaired) electrons. The first-order chi connectivity index (χ1) is 8.17. The summed E-state index contributed by atoms with van der Waals surface area (Å²) in [6, 6.07) is 4.61. The van der Waals surface area contributed by atoms with Gasteiger partial charge in [0.25, 0.3) is 0 Å². The molecule has 0 spiro atoms. The molecule has 0 amide bonds. The molecule has 0 atom stereocenters. The molecule has 1 heterocycles. The van der Waals surface area contributed by atoms with Gasteiger partial charge in [0.05, 0.1) is 6.54 Å². The molecular weight excluding hydrogens is 210 g/mol. The highest BCUT2D eigenvalue weighted by Crippen LogP contribution is 2.12. The lowest BCUT2D eigenvalue weighted by atomic mass is 10.2. The van der Waals surface area contributed by atoms with Crippen molar-refractivity contribution in [2.24, 2.45) is 0 Å². The molecule has 0 fully saturated rings. The van der Waals surface area contributed by atoms with Crippen LogP contribution in [-0.4, -0.2) is 24.1 Å². The van der Waals surface area contributed by atoms with Crippen molar-refractivity contribution in [3.63, 3.8) is 0 Å². The minimum Gasteiger partial charge on any atom is -0.346 e. The third-order valence-electron chi connectivity index (χ3n) is 2.51. The van der Waals surface area contributed by atoms with Gasteiger partial charge in [-0.2, -0.15) is 0 Å². The largest absolute Gasteiger partial charge is 0.346 e. The van der Waals surface area contributed by atoms with Crippen LogP contribution in [0.15, 0.2) is 18.3 Å². The van der Waals surface area contributed by atoms with Crippen molar-refractivity contribution in [3.8, 4) is 12.3 Å². The number of nitrogens with zero attached hydrogens (tertiary/aromatic N) is 2. The topological polar surface area (TPSA) is 28.2 Å². The van der Waals surface area contributed by atoms with Gasteiger partial charge in [0, 0.05) is 25.3 Å². The summed E-state index contributed by atoms with van der Waals surface area (Å²) in [7, 11) is 0. The molecule has 0 aliphatic rings. The Hall–Kier alpha value is -1.53. The van der Waals surface area contributed by atoms with E-state index in [1.54, 1.807) is 0 Å². The number of nitrogens with one attached hydrogen (secondary N) is 1. The van der Waals surface area contributed by atoms with E-state index < -0.39 is 0 Å². The van der Waals surface area contributed by atoms with E-state index in [1.165, 1.54) is 5.56 Å². The lowest BCUT2D eigenvalue weighted by Gasteiger charge is -2.19. The molecule has 17 heavy (non-hydrogen) atoms. The third-order valence-corrected chi connectivity index (χ3v) is 2.51. The van der Waals surface area contributed by atoms with E-state index in [0.717, 1.165) is 18.9 Å². The average Bonchev–Trinajstić information content (AvgIpc) is 2.34. The van der Waals surface area contributed by atoms with Gasteiger partial charge in [-0.05, 0) is 24.6 Å². The van der Waals surface area contributed by atoms with E-state index in [0.29, 0.717) is 12.6 Å². The molecule has 0 unspecified atom stereocenters. The second-order valence-corrected chi connectivity index (χ2v) is 4.28. The molecular formula is C14H21N3. The number of terminal acetylenes is 1. The maximum atomic E-state index is 5.35. The van der Waals surface area contributed by atoms with E-state index in [4.69, 9.17) is 6.42 Å². The molecule has 3 nitrogen and oxygen atoms in total. The van der Waals surface area contributed by atoms with Gasteiger partial charge < -0.3 is 10.2 Å². The summed E-state index contributed by atoms with van der Waals surface area (Å²) in [6.45, 7) is 8.69. The summed E-state index contributed by atoms with van der Waals surface area (Å²) >= 11 is 0. The number of aromatic nitrogens is 1. The smallest absolute Gasteiger partial charge is 0.129 e. The summed E-state index contributed by atoms with van der Waals surface area (Å²) in [6.07, 6.45) is 7.19. The highest BCUT2D eigenvalue weighted by molar-refractivity contribution is 5.42. The van der Waals surface area contributed by atoms with Gasteiger partial charge in [-0.15, -0.1) is 6.42 Å². The molecule has 1 rings (SSSR count). The lowest BCUT2D eigenvalue weighted by molar-refractivity contribution is 0.588. The van der Waals surface area contributed by atoms with E-state index in [9.17, 15) is 0 Å². The van der Waals surface area contributed by atoms with Crippen molar-refractivity contribution in [2.45, 2.75) is 33.4 Å². The molecule has 0 saturated heterocycles. The van der Waals surface area contributed by atoms with Gasteiger partial charge >= 0.3 is 0 Å². The number of anilines is 1. The SMILES string of the molecule is C#CCN(CC)c1cc(CNC(C)C)ccn1. The van der Waals surface area contributed by atoms with Crippen molar-refractivity contribution in [2.75, 3.05) is 18.0 Å². The van der Waals surface area contributed by atoms with Crippen molar-refractivity contribution < 1.29 is 0 Å². The quantitative estimate of drug-likeness (QED) is 0.759. The monoisotopic (exact) mass is 231 g/mol. The third kappa shape index (κ3) is 4.46. The fourth-order valence-corrected chi connectivity index (χ4v) is 1.53. The van der Waals surface area contributed by atoms with Gasteiger partial charge in [0.15, 0.2) is 0 Å². The zero-order valence-electron chi connectivity index (χ0n) is 10.9.